The molecule has 0 saturated heterocycles. The summed E-state index contributed by atoms with van der Waals surface area (Å²) in [5.41, 5.74) is -1.40. The maximum Gasteiger partial charge on any atom is 0.410 e. The first kappa shape index (κ1) is 45.2. The number of esters is 1. The Hall–Kier alpha value is -4.95. The van der Waals surface area contributed by atoms with E-state index < -0.39 is 76.1 Å². The van der Waals surface area contributed by atoms with Gasteiger partial charge < -0.3 is 34.7 Å². The van der Waals surface area contributed by atoms with Gasteiger partial charge >= 0.3 is 18.0 Å². The highest BCUT2D eigenvalue weighted by molar-refractivity contribution is 5.96. The van der Waals surface area contributed by atoms with Crippen molar-refractivity contribution in [2.24, 2.45) is 12.5 Å². The van der Waals surface area contributed by atoms with Gasteiger partial charge in [0.15, 0.2) is 0 Å². The van der Waals surface area contributed by atoms with Gasteiger partial charge in [-0.1, -0.05) is 40.7 Å². The highest BCUT2D eigenvalue weighted by Crippen LogP contribution is 2.37. The van der Waals surface area contributed by atoms with Crippen molar-refractivity contribution in [2.75, 3.05) is 27.2 Å². The normalized spacial score (nSPS) is 14.1. The van der Waals surface area contributed by atoms with Crippen LogP contribution in [0.2, 0.25) is 0 Å². The maximum absolute atomic E-state index is 14.6. The van der Waals surface area contributed by atoms with E-state index in [4.69, 9.17) is 14.6 Å². The van der Waals surface area contributed by atoms with Crippen LogP contribution >= 0.6 is 0 Å². The first-order valence-electron chi connectivity index (χ1n) is 17.8. The number of carboxylic acids is 1. The standard InChI is InChI=1S/C39H58FN5O9/c1-14-53-35(51)27(16-18-29(46)47)41-32(48)23(2)19-20-43(11)34(50)30(37(3,4)5)42-33(49)31(45(13)36(52)54-38(6,7)8)39(9,10)26-22-44(12)28-17-15-24(40)21-25(26)28/h15,17,19,21-22,27,30-31H,14,16,18,20H2,1-13H3,(H,41,48)(H,42,49)(H,46,47)/b23-19+. The quantitative estimate of drug-likeness (QED) is 0.172. The summed E-state index contributed by atoms with van der Waals surface area (Å²) < 4.78 is 27.0. The first-order valence-corrected chi connectivity index (χ1v) is 17.8. The molecule has 0 radical (unpaired) electrons. The summed E-state index contributed by atoms with van der Waals surface area (Å²) in [6.07, 6.45) is 1.95. The number of rotatable bonds is 15. The van der Waals surface area contributed by atoms with Crippen LogP contribution in [0.4, 0.5) is 9.18 Å². The third-order valence-electron chi connectivity index (χ3n) is 8.98. The Labute approximate surface area is 317 Å². The summed E-state index contributed by atoms with van der Waals surface area (Å²) in [6.45, 7) is 17.0. The number of hydrogen-bond acceptors (Lipinski definition) is 8. The molecular weight excluding hydrogens is 701 g/mol. The zero-order valence-corrected chi connectivity index (χ0v) is 33.9. The van der Waals surface area contributed by atoms with E-state index in [1.165, 1.54) is 49.0 Å². The zero-order chi connectivity index (χ0) is 41.5. The van der Waals surface area contributed by atoms with Gasteiger partial charge in [0.05, 0.1) is 6.61 Å². The van der Waals surface area contributed by atoms with Crippen molar-refractivity contribution in [1.82, 2.24) is 25.0 Å². The van der Waals surface area contributed by atoms with Gasteiger partial charge in [-0.2, -0.15) is 0 Å². The number of ether oxygens (including phenoxy) is 2. The van der Waals surface area contributed by atoms with Gasteiger partial charge in [-0.05, 0) is 70.2 Å². The second-order valence-corrected chi connectivity index (χ2v) is 16.2. The fraction of sp³-hybridized carbons (Fsp3) is 0.590. The van der Waals surface area contributed by atoms with Gasteiger partial charge in [-0.25, -0.2) is 14.0 Å². The van der Waals surface area contributed by atoms with Crippen molar-refractivity contribution in [3.05, 3.63) is 47.4 Å². The number of aryl methyl sites for hydroxylation is 1. The zero-order valence-electron chi connectivity index (χ0n) is 33.9. The van der Waals surface area contributed by atoms with Crippen LogP contribution in [0.25, 0.3) is 10.9 Å². The van der Waals surface area contributed by atoms with Crippen LogP contribution in [0.3, 0.4) is 0 Å². The monoisotopic (exact) mass is 759 g/mol. The molecule has 0 spiro atoms. The van der Waals surface area contributed by atoms with Crippen molar-refractivity contribution in [2.45, 2.75) is 111 Å². The van der Waals surface area contributed by atoms with Gasteiger partial charge in [0.2, 0.25) is 17.7 Å². The minimum Gasteiger partial charge on any atom is -0.481 e. The average Bonchev–Trinajstić information content (AvgIpc) is 3.38. The number of aromatic nitrogens is 1. The highest BCUT2D eigenvalue weighted by Gasteiger charge is 2.46. The Morgan fingerprint density at radius 3 is 2.15 bits per heavy atom. The van der Waals surface area contributed by atoms with E-state index in [2.05, 4.69) is 10.6 Å². The van der Waals surface area contributed by atoms with E-state index in [9.17, 15) is 33.2 Å². The molecule has 2 aromatic rings. The van der Waals surface area contributed by atoms with Crippen molar-refractivity contribution >= 4 is 46.7 Å². The van der Waals surface area contributed by atoms with Gasteiger partial charge in [0.25, 0.3) is 0 Å². The number of likely N-dealkylation sites (N-methyl/N-ethyl adjacent to an activating group) is 2. The molecule has 3 unspecified atom stereocenters. The molecule has 54 heavy (non-hydrogen) atoms. The largest absolute Gasteiger partial charge is 0.481 e. The Kier molecular flexibility index (Phi) is 15.0. The van der Waals surface area contributed by atoms with E-state index in [1.54, 1.807) is 81.6 Å². The number of nitrogens with one attached hydrogen (secondary N) is 2. The molecule has 0 bridgehead atoms. The molecule has 0 aliphatic carbocycles. The number of hydrogen-bond donors (Lipinski definition) is 3. The number of carboxylic acid groups (broad SMARTS) is 1. The van der Waals surface area contributed by atoms with E-state index in [1.807, 2.05) is 4.57 Å². The molecule has 300 valence electrons. The Morgan fingerprint density at radius 1 is 1.00 bits per heavy atom. The average molecular weight is 760 g/mol. The van der Waals surface area contributed by atoms with Gasteiger partial charge in [0.1, 0.15) is 29.5 Å². The SMILES string of the molecule is CCOC(=O)C(CCC(=O)O)NC(=O)/C(C)=C/CN(C)C(=O)C(NC(=O)C(N(C)C(=O)OC(C)(C)C)C(C)(C)c1cn(C)c2ccc(F)cc12)C(C)(C)C. The first-order chi connectivity index (χ1) is 24.7. The van der Waals surface area contributed by atoms with Crippen molar-refractivity contribution < 1.29 is 47.7 Å². The molecule has 3 atom stereocenters. The lowest BCUT2D eigenvalue weighted by Gasteiger charge is -2.41. The van der Waals surface area contributed by atoms with Crippen LogP contribution in [0.15, 0.2) is 36.0 Å². The van der Waals surface area contributed by atoms with E-state index in [0.717, 1.165) is 5.52 Å². The maximum atomic E-state index is 14.6. The number of halogens is 1. The Balaban J connectivity index is 2.46. The molecule has 14 nitrogen and oxygen atoms in total. The molecule has 2 rings (SSSR count). The summed E-state index contributed by atoms with van der Waals surface area (Å²) >= 11 is 0. The van der Waals surface area contributed by atoms with Crippen molar-refractivity contribution in [1.29, 1.82) is 0 Å². The lowest BCUT2D eigenvalue weighted by molar-refractivity contribution is -0.147. The molecule has 15 heteroatoms. The van der Waals surface area contributed by atoms with E-state index >= 15 is 0 Å². The second kappa shape index (κ2) is 17.9. The molecule has 0 aliphatic rings. The van der Waals surface area contributed by atoms with Crippen molar-refractivity contribution in [3.8, 4) is 0 Å². The van der Waals surface area contributed by atoms with Crippen LogP contribution in [0, 0.1) is 11.2 Å². The molecule has 4 amide bonds. The predicted molar refractivity (Wildman–Crippen MR) is 202 cm³/mol. The number of carbonyl (C=O) groups is 6. The summed E-state index contributed by atoms with van der Waals surface area (Å²) in [5, 5.41) is 15.0. The fourth-order valence-electron chi connectivity index (χ4n) is 6.03. The molecule has 1 aromatic heterocycles. The third kappa shape index (κ3) is 11.8. The molecule has 0 saturated carbocycles. The molecule has 0 fully saturated rings. The minimum atomic E-state index is -1.25. The molecule has 1 heterocycles. The number of benzene rings is 1. The van der Waals surface area contributed by atoms with Crippen LogP contribution in [-0.4, -0.2) is 106 Å². The second-order valence-electron chi connectivity index (χ2n) is 16.2. The number of fused-ring (bicyclic) bond motifs is 1. The Bertz CT molecular complexity index is 1750. The fourth-order valence-corrected chi connectivity index (χ4v) is 6.03. The summed E-state index contributed by atoms with van der Waals surface area (Å²) in [6, 6.07) is 0.826. The van der Waals surface area contributed by atoms with Crippen LogP contribution in [0.1, 0.15) is 87.6 Å². The van der Waals surface area contributed by atoms with Gasteiger partial charge in [-0.15, -0.1) is 0 Å². The summed E-state index contributed by atoms with van der Waals surface area (Å²) in [5.74, 6) is -4.16. The summed E-state index contributed by atoms with van der Waals surface area (Å²) in [7, 11) is 4.75. The smallest absolute Gasteiger partial charge is 0.410 e. The highest BCUT2D eigenvalue weighted by atomic mass is 19.1. The van der Waals surface area contributed by atoms with Crippen LogP contribution < -0.4 is 10.6 Å². The number of carbonyl (C=O) groups excluding carboxylic acids is 5. The minimum absolute atomic E-state index is 0.0458. The molecular formula is C39H58FN5O9. The van der Waals surface area contributed by atoms with Gasteiger partial charge in [-0.3, -0.25) is 24.1 Å². The predicted octanol–water partition coefficient (Wildman–Crippen LogP) is 4.68. The van der Waals surface area contributed by atoms with E-state index in [-0.39, 0.29) is 31.6 Å². The molecule has 3 N–H and O–H groups in total. The summed E-state index contributed by atoms with van der Waals surface area (Å²) in [4.78, 5) is 81.1. The van der Waals surface area contributed by atoms with Gasteiger partial charge in [0, 0.05) is 62.2 Å². The van der Waals surface area contributed by atoms with Crippen LogP contribution in [0.5, 0.6) is 0 Å². The lowest BCUT2D eigenvalue weighted by Crippen LogP contribution is -2.62. The topological polar surface area (TPSA) is 177 Å². The third-order valence-corrected chi connectivity index (χ3v) is 8.98. The van der Waals surface area contributed by atoms with E-state index in [0.29, 0.717) is 10.9 Å². The Morgan fingerprint density at radius 2 is 1.61 bits per heavy atom. The molecule has 1 aromatic carbocycles. The molecule has 0 aliphatic heterocycles. The number of aliphatic carboxylic acids is 1. The van der Waals surface area contributed by atoms with Crippen LogP contribution in [-0.2, 0) is 45.9 Å². The van der Waals surface area contributed by atoms with Crippen molar-refractivity contribution in [3.63, 3.8) is 0 Å². The lowest BCUT2D eigenvalue weighted by atomic mass is 9.76. The number of amides is 4. The number of nitrogens with zero attached hydrogens (tertiary/aromatic N) is 3.